The lowest BCUT2D eigenvalue weighted by Gasteiger charge is -2.60. The number of hydrogen-bond donors (Lipinski definition) is 2. The molecule has 6 rings (SSSR count). The number of sulfonamides is 1. The second-order valence-electron chi connectivity index (χ2n) is 17.1. The number of alkyl carbamates (subject to hydrolysis) is 1. The molecule has 9 nitrogen and oxygen atoms in total. The highest BCUT2D eigenvalue weighted by Gasteiger charge is 2.56. The number of rotatable bonds is 4. The first-order chi connectivity index (χ1) is 22.8. The average molecular weight is 689 g/mol. The molecule has 2 aliphatic carbocycles. The Morgan fingerprint density at radius 1 is 0.980 bits per heavy atom. The SMILES string of the molecule is Cc1cccc(C)c1-c1nc2nc(c1C)OC[C@@H](CC(C)(C)C)C(C1CC3(CC(NC(=O)OC(C)(C)C)C3)C1)c1cccc(c1)S(=O)(=O)N2. The van der Waals surface area contributed by atoms with E-state index in [1.807, 2.05) is 71.9 Å². The van der Waals surface area contributed by atoms with Crippen LogP contribution in [0.3, 0.4) is 0 Å². The standard InChI is InChI=1S/C39H52N4O5S/c1-23-12-10-13-24(2)31(23)33-25(3)34-42-35(41-33)43-49(45,46)30-15-11-14-26(16-30)32(28(22-47-34)17-37(4,5)6)27-18-39(19-27)20-29(21-39)40-36(44)48-38(7,8)9/h10-16,27-29,32H,17-22H2,1-9H3,(H,40,44)(H,41,42,43)/t27?,28-,29?,32?,39?/m1/s1. The fourth-order valence-corrected chi connectivity index (χ4v) is 9.57. The van der Waals surface area contributed by atoms with Crippen LogP contribution in [0.15, 0.2) is 47.4 Å². The predicted molar refractivity (Wildman–Crippen MR) is 192 cm³/mol. The average Bonchev–Trinajstić information content (AvgIpc) is 2.93. The van der Waals surface area contributed by atoms with E-state index in [4.69, 9.17) is 14.5 Å². The topological polar surface area (TPSA) is 120 Å². The molecule has 1 spiro atoms. The summed E-state index contributed by atoms with van der Waals surface area (Å²) in [5, 5.41) is 3.06. The molecule has 1 amide bonds. The molecule has 2 fully saturated rings. The van der Waals surface area contributed by atoms with Gasteiger partial charge in [0.05, 0.1) is 17.2 Å². The smallest absolute Gasteiger partial charge is 0.407 e. The van der Waals surface area contributed by atoms with Gasteiger partial charge in [0, 0.05) is 23.1 Å². The van der Waals surface area contributed by atoms with E-state index in [1.165, 1.54) is 0 Å². The number of anilines is 1. The van der Waals surface area contributed by atoms with Crippen LogP contribution in [-0.4, -0.2) is 42.7 Å². The quantitative estimate of drug-likeness (QED) is 0.282. The van der Waals surface area contributed by atoms with Crippen molar-refractivity contribution in [2.75, 3.05) is 11.3 Å². The van der Waals surface area contributed by atoms with Crippen LogP contribution in [0.25, 0.3) is 11.3 Å². The number of nitrogens with one attached hydrogen (secondary N) is 2. The van der Waals surface area contributed by atoms with Crippen LogP contribution in [-0.2, 0) is 14.8 Å². The molecule has 1 aliphatic heterocycles. The Labute approximate surface area is 292 Å². The molecule has 49 heavy (non-hydrogen) atoms. The molecule has 0 radical (unpaired) electrons. The fourth-order valence-electron chi connectivity index (χ4n) is 8.57. The largest absolute Gasteiger partial charge is 0.477 e. The minimum absolute atomic E-state index is 0.00419. The Kier molecular flexibility index (Phi) is 9.04. The van der Waals surface area contributed by atoms with Crippen LogP contribution in [0.1, 0.15) is 102 Å². The molecule has 4 bridgehead atoms. The maximum absolute atomic E-state index is 13.9. The van der Waals surface area contributed by atoms with Crippen molar-refractivity contribution >= 4 is 22.1 Å². The van der Waals surface area contributed by atoms with Crippen molar-refractivity contribution in [2.45, 2.75) is 117 Å². The van der Waals surface area contributed by atoms with E-state index in [1.54, 1.807) is 6.07 Å². The van der Waals surface area contributed by atoms with Crippen molar-refractivity contribution in [3.8, 4) is 17.1 Å². The van der Waals surface area contributed by atoms with Crippen molar-refractivity contribution < 1.29 is 22.7 Å². The van der Waals surface area contributed by atoms with Gasteiger partial charge in [-0.2, -0.15) is 4.98 Å². The number of carbonyl (C=O) groups is 1. The summed E-state index contributed by atoms with van der Waals surface area (Å²) < 4.78 is 42.7. The lowest BCUT2D eigenvalue weighted by molar-refractivity contribution is -0.0708. The fraction of sp³-hybridized carbons (Fsp3) is 0.564. The monoisotopic (exact) mass is 688 g/mol. The molecule has 1 unspecified atom stereocenters. The van der Waals surface area contributed by atoms with Gasteiger partial charge in [-0.1, -0.05) is 51.1 Å². The molecule has 2 saturated carbocycles. The van der Waals surface area contributed by atoms with Gasteiger partial charge >= 0.3 is 6.09 Å². The number of hydrogen-bond acceptors (Lipinski definition) is 7. The zero-order chi connectivity index (χ0) is 35.5. The first-order valence-electron chi connectivity index (χ1n) is 17.5. The Morgan fingerprint density at radius 2 is 1.63 bits per heavy atom. The van der Waals surface area contributed by atoms with Gasteiger partial charge in [0.25, 0.3) is 10.0 Å². The summed E-state index contributed by atoms with van der Waals surface area (Å²) in [4.78, 5) is 22.0. The first kappa shape index (κ1) is 35.2. The van der Waals surface area contributed by atoms with E-state index in [9.17, 15) is 13.2 Å². The number of benzene rings is 2. The van der Waals surface area contributed by atoms with Gasteiger partial charge in [0.2, 0.25) is 11.8 Å². The molecule has 3 aromatic rings. The van der Waals surface area contributed by atoms with E-state index in [0.717, 1.165) is 59.9 Å². The number of fused-ring (bicyclic) bond motifs is 4. The number of nitrogens with zero attached hydrogens (tertiary/aromatic N) is 2. The lowest BCUT2D eigenvalue weighted by atomic mass is 9.46. The van der Waals surface area contributed by atoms with Crippen molar-refractivity contribution in [2.24, 2.45) is 22.7 Å². The summed E-state index contributed by atoms with van der Waals surface area (Å²) in [5.74, 6) is 0.919. The third-order valence-electron chi connectivity index (χ3n) is 10.4. The van der Waals surface area contributed by atoms with Crippen molar-refractivity contribution in [1.82, 2.24) is 15.3 Å². The second kappa shape index (κ2) is 12.6. The highest BCUT2D eigenvalue weighted by molar-refractivity contribution is 7.92. The summed E-state index contributed by atoms with van der Waals surface area (Å²) >= 11 is 0. The van der Waals surface area contributed by atoms with Gasteiger partial charge in [-0.3, -0.25) is 0 Å². The lowest BCUT2D eigenvalue weighted by Crippen LogP contribution is -2.58. The maximum Gasteiger partial charge on any atom is 0.407 e. The number of ether oxygens (including phenoxy) is 2. The van der Waals surface area contributed by atoms with Gasteiger partial charge in [-0.15, -0.1) is 0 Å². The summed E-state index contributed by atoms with van der Waals surface area (Å²) in [6, 6.07) is 13.6. The third kappa shape index (κ3) is 7.59. The van der Waals surface area contributed by atoms with Gasteiger partial charge in [-0.05, 0) is 125 Å². The van der Waals surface area contributed by atoms with Crippen LogP contribution in [0.4, 0.5) is 10.7 Å². The third-order valence-corrected chi connectivity index (χ3v) is 11.7. The maximum atomic E-state index is 13.9. The van der Waals surface area contributed by atoms with Gasteiger partial charge in [0.1, 0.15) is 5.60 Å². The molecule has 264 valence electrons. The number of amides is 1. The Morgan fingerprint density at radius 3 is 2.27 bits per heavy atom. The van der Waals surface area contributed by atoms with E-state index < -0.39 is 15.6 Å². The molecule has 2 N–H and O–H groups in total. The van der Waals surface area contributed by atoms with Crippen molar-refractivity contribution in [1.29, 1.82) is 0 Å². The predicted octanol–water partition coefficient (Wildman–Crippen LogP) is 8.48. The Balaban J connectivity index is 1.34. The highest BCUT2D eigenvalue weighted by Crippen LogP contribution is 2.63. The van der Waals surface area contributed by atoms with Crippen LogP contribution in [0.5, 0.6) is 5.88 Å². The first-order valence-corrected chi connectivity index (χ1v) is 19.0. The van der Waals surface area contributed by atoms with Crippen LogP contribution in [0.2, 0.25) is 0 Å². The summed E-state index contributed by atoms with van der Waals surface area (Å²) in [6.07, 6.45) is 4.43. The molecular formula is C39H52N4O5S. The molecule has 2 atom stereocenters. The van der Waals surface area contributed by atoms with E-state index in [-0.39, 0.29) is 45.6 Å². The van der Waals surface area contributed by atoms with E-state index >= 15 is 0 Å². The molecule has 2 heterocycles. The highest BCUT2D eigenvalue weighted by atomic mass is 32.2. The van der Waals surface area contributed by atoms with Crippen molar-refractivity contribution in [3.63, 3.8) is 0 Å². The minimum atomic E-state index is -4.00. The molecule has 3 aliphatic rings. The van der Waals surface area contributed by atoms with E-state index in [2.05, 4.69) is 41.9 Å². The molecule has 1 aromatic heterocycles. The normalized spacial score (nSPS) is 26.1. The molecule has 10 heteroatoms. The number of aryl methyl sites for hydroxylation is 2. The molecular weight excluding hydrogens is 637 g/mol. The zero-order valence-corrected chi connectivity index (χ0v) is 31.3. The van der Waals surface area contributed by atoms with Gasteiger partial charge in [-0.25, -0.2) is 22.9 Å². The van der Waals surface area contributed by atoms with Gasteiger partial charge in [0.15, 0.2) is 0 Å². The summed E-state index contributed by atoms with van der Waals surface area (Å²) in [6.45, 7) is 18.8. The minimum Gasteiger partial charge on any atom is -0.477 e. The number of aromatic nitrogens is 2. The Hall–Kier alpha value is -3.66. The second-order valence-corrected chi connectivity index (χ2v) is 18.7. The van der Waals surface area contributed by atoms with E-state index in [0.29, 0.717) is 24.1 Å². The summed E-state index contributed by atoms with van der Waals surface area (Å²) in [5.41, 5.74) is 5.15. The van der Waals surface area contributed by atoms with Crippen LogP contribution < -0.4 is 14.8 Å². The van der Waals surface area contributed by atoms with Crippen LogP contribution in [0, 0.1) is 43.4 Å². The summed E-state index contributed by atoms with van der Waals surface area (Å²) in [7, 11) is -4.00. The molecule has 2 aromatic carbocycles. The van der Waals surface area contributed by atoms with Crippen LogP contribution >= 0.6 is 0 Å². The number of carbonyl (C=O) groups excluding carboxylic acids is 1. The van der Waals surface area contributed by atoms with Gasteiger partial charge < -0.3 is 14.8 Å². The zero-order valence-electron chi connectivity index (χ0n) is 30.4. The van der Waals surface area contributed by atoms with Crippen molar-refractivity contribution in [3.05, 3.63) is 64.7 Å². The molecule has 0 saturated heterocycles. The Bertz CT molecular complexity index is 1830.